The highest BCUT2D eigenvalue weighted by Crippen LogP contribution is 2.33. The number of carbonyl (C=O) groups is 3. The number of piperazine rings is 1. The van der Waals surface area contributed by atoms with Gasteiger partial charge < -0.3 is 10.2 Å². The van der Waals surface area contributed by atoms with Crippen molar-refractivity contribution < 1.29 is 18.8 Å². The molecule has 7 nitrogen and oxygen atoms in total. The monoisotopic (exact) mass is 436 g/mol. The lowest BCUT2D eigenvalue weighted by atomic mass is 9.82. The van der Waals surface area contributed by atoms with Crippen molar-refractivity contribution in [2.24, 2.45) is 0 Å². The number of imide groups is 1. The van der Waals surface area contributed by atoms with Crippen molar-refractivity contribution in [3.05, 3.63) is 34.6 Å². The van der Waals surface area contributed by atoms with Gasteiger partial charge in [-0.25, -0.2) is 9.18 Å². The van der Waals surface area contributed by atoms with Crippen LogP contribution in [0.1, 0.15) is 37.7 Å². The summed E-state index contributed by atoms with van der Waals surface area (Å²) in [6.07, 6.45) is 4.18. The number of hydrogen-bond acceptors (Lipinski definition) is 4. The molecule has 162 valence electrons. The van der Waals surface area contributed by atoms with Crippen LogP contribution in [0.3, 0.4) is 0 Å². The van der Waals surface area contributed by atoms with Crippen LogP contribution in [0.15, 0.2) is 18.2 Å². The van der Waals surface area contributed by atoms with Crippen LogP contribution in [-0.2, 0) is 16.1 Å². The summed E-state index contributed by atoms with van der Waals surface area (Å²) < 4.78 is 13.2. The van der Waals surface area contributed by atoms with Crippen LogP contribution in [0.5, 0.6) is 0 Å². The maximum atomic E-state index is 13.2. The third-order valence-corrected chi connectivity index (χ3v) is 6.73. The zero-order valence-electron chi connectivity index (χ0n) is 16.8. The number of nitrogens with one attached hydrogen (secondary N) is 1. The second kappa shape index (κ2) is 8.51. The molecule has 0 radical (unpaired) electrons. The van der Waals surface area contributed by atoms with Crippen molar-refractivity contribution in [1.29, 1.82) is 0 Å². The molecule has 1 aliphatic carbocycles. The minimum Gasteiger partial charge on any atom is -0.339 e. The number of rotatable bonds is 4. The van der Waals surface area contributed by atoms with Crippen LogP contribution in [0.25, 0.3) is 0 Å². The highest BCUT2D eigenvalue weighted by molar-refractivity contribution is 6.31. The normalized spacial score (nSPS) is 21.9. The Morgan fingerprint density at radius 3 is 2.47 bits per heavy atom. The van der Waals surface area contributed by atoms with Gasteiger partial charge in [0.1, 0.15) is 17.9 Å². The molecule has 4 rings (SSSR count). The molecule has 0 atom stereocenters. The molecule has 1 aromatic rings. The molecule has 2 saturated heterocycles. The number of benzene rings is 1. The van der Waals surface area contributed by atoms with Crippen LogP contribution < -0.4 is 5.32 Å². The van der Waals surface area contributed by atoms with Crippen molar-refractivity contribution in [2.75, 3.05) is 32.7 Å². The number of urea groups is 1. The minimum atomic E-state index is -0.803. The van der Waals surface area contributed by atoms with E-state index in [0.29, 0.717) is 50.6 Å². The van der Waals surface area contributed by atoms with Gasteiger partial charge in [-0.1, -0.05) is 36.9 Å². The molecule has 1 saturated carbocycles. The van der Waals surface area contributed by atoms with Gasteiger partial charge in [-0.2, -0.15) is 0 Å². The van der Waals surface area contributed by atoms with E-state index in [-0.39, 0.29) is 24.2 Å². The smallest absolute Gasteiger partial charge is 0.325 e. The minimum absolute atomic E-state index is 0.212. The Balaban J connectivity index is 1.30. The molecule has 30 heavy (non-hydrogen) atoms. The first kappa shape index (κ1) is 21.1. The van der Waals surface area contributed by atoms with Crippen molar-refractivity contribution in [3.8, 4) is 0 Å². The quantitative estimate of drug-likeness (QED) is 0.735. The first-order valence-electron chi connectivity index (χ1n) is 10.5. The molecule has 9 heteroatoms. The first-order valence-corrected chi connectivity index (χ1v) is 10.8. The third-order valence-electron chi connectivity index (χ3n) is 6.38. The van der Waals surface area contributed by atoms with E-state index in [2.05, 4.69) is 10.2 Å². The molecular formula is C21H26ClFN4O3. The van der Waals surface area contributed by atoms with Crippen molar-refractivity contribution in [1.82, 2.24) is 20.0 Å². The van der Waals surface area contributed by atoms with E-state index in [1.165, 1.54) is 12.1 Å². The number of halogens is 2. The Kier molecular flexibility index (Phi) is 5.97. The third kappa shape index (κ3) is 4.16. The van der Waals surface area contributed by atoms with E-state index in [9.17, 15) is 18.8 Å². The van der Waals surface area contributed by atoms with Gasteiger partial charge in [-0.15, -0.1) is 0 Å². The topological polar surface area (TPSA) is 73.0 Å². The van der Waals surface area contributed by atoms with Crippen LogP contribution in [-0.4, -0.2) is 70.8 Å². The highest BCUT2D eigenvalue weighted by Gasteiger charge is 2.51. The second-order valence-electron chi connectivity index (χ2n) is 8.36. The molecule has 4 amide bonds. The molecule has 2 aliphatic heterocycles. The maximum Gasteiger partial charge on any atom is 0.325 e. The molecule has 0 bridgehead atoms. The molecule has 1 N–H and O–H groups in total. The standard InChI is InChI=1S/C21H26ClFN4O3/c22-17-12-16(23)5-4-15(17)13-25-8-10-26(11-9-25)18(28)14-27-19(29)21(24-20(27)30)6-2-1-3-7-21/h4-5,12H,1-3,6-11,13-14H2,(H,24,30). The number of carbonyl (C=O) groups excluding carboxylic acids is 3. The van der Waals surface area contributed by atoms with Crippen LogP contribution in [0.4, 0.5) is 9.18 Å². The van der Waals surface area contributed by atoms with E-state index in [0.717, 1.165) is 29.7 Å². The highest BCUT2D eigenvalue weighted by atomic mass is 35.5. The van der Waals surface area contributed by atoms with Gasteiger partial charge in [0.05, 0.1) is 0 Å². The summed E-state index contributed by atoms with van der Waals surface area (Å²) in [6, 6.07) is 3.90. The van der Waals surface area contributed by atoms with Gasteiger partial charge in [0.2, 0.25) is 5.91 Å². The first-order chi connectivity index (χ1) is 14.4. The zero-order chi connectivity index (χ0) is 21.3. The molecular weight excluding hydrogens is 411 g/mol. The molecule has 3 aliphatic rings. The number of hydrogen-bond donors (Lipinski definition) is 1. The molecule has 2 heterocycles. The lowest BCUT2D eigenvalue weighted by molar-refractivity contribution is -0.140. The summed E-state index contributed by atoms with van der Waals surface area (Å²) in [5.74, 6) is -0.842. The van der Waals surface area contributed by atoms with Gasteiger partial charge in [-0.05, 0) is 30.5 Å². The van der Waals surface area contributed by atoms with Gasteiger partial charge in [0.25, 0.3) is 5.91 Å². The van der Waals surface area contributed by atoms with E-state index in [4.69, 9.17) is 11.6 Å². The fourth-order valence-electron chi connectivity index (χ4n) is 4.60. The predicted octanol–water partition coefficient (Wildman–Crippen LogP) is 2.38. The van der Waals surface area contributed by atoms with E-state index in [1.807, 2.05) is 0 Å². The summed E-state index contributed by atoms with van der Waals surface area (Å²) >= 11 is 6.11. The Hall–Kier alpha value is -2.19. The van der Waals surface area contributed by atoms with E-state index in [1.54, 1.807) is 11.0 Å². The summed E-state index contributed by atoms with van der Waals surface area (Å²) in [6.45, 7) is 2.67. The van der Waals surface area contributed by atoms with Crippen LogP contribution in [0.2, 0.25) is 5.02 Å². The summed E-state index contributed by atoms with van der Waals surface area (Å²) in [7, 11) is 0. The Morgan fingerprint density at radius 2 is 1.80 bits per heavy atom. The van der Waals surface area contributed by atoms with E-state index < -0.39 is 11.6 Å². The van der Waals surface area contributed by atoms with Gasteiger partial charge in [0, 0.05) is 37.7 Å². The SMILES string of the molecule is O=C(CN1C(=O)NC2(CCCCC2)C1=O)N1CCN(Cc2ccc(F)cc2Cl)CC1. The summed E-state index contributed by atoms with van der Waals surface area (Å²) in [5, 5.41) is 3.23. The Bertz CT molecular complexity index is 851. The van der Waals surface area contributed by atoms with Crippen LogP contribution in [0, 0.1) is 5.82 Å². The van der Waals surface area contributed by atoms with E-state index >= 15 is 0 Å². The molecule has 3 fully saturated rings. The summed E-state index contributed by atoms with van der Waals surface area (Å²) in [4.78, 5) is 42.9. The molecule has 1 spiro atoms. The zero-order valence-corrected chi connectivity index (χ0v) is 17.6. The van der Waals surface area contributed by atoms with Gasteiger partial charge in [0.15, 0.2) is 0 Å². The Morgan fingerprint density at radius 1 is 1.10 bits per heavy atom. The largest absolute Gasteiger partial charge is 0.339 e. The summed E-state index contributed by atoms with van der Waals surface area (Å²) in [5.41, 5.74) is 0.0397. The average Bonchev–Trinajstić information content (AvgIpc) is 2.95. The predicted molar refractivity (Wildman–Crippen MR) is 109 cm³/mol. The van der Waals surface area contributed by atoms with Crippen molar-refractivity contribution >= 4 is 29.4 Å². The Labute approximate surface area is 180 Å². The van der Waals surface area contributed by atoms with Crippen molar-refractivity contribution in [2.45, 2.75) is 44.2 Å². The lowest BCUT2D eigenvalue weighted by Crippen LogP contribution is -2.52. The molecule has 0 aromatic heterocycles. The number of amides is 4. The second-order valence-corrected chi connectivity index (χ2v) is 8.76. The fraction of sp³-hybridized carbons (Fsp3) is 0.571. The maximum absolute atomic E-state index is 13.2. The van der Waals surface area contributed by atoms with Crippen molar-refractivity contribution in [3.63, 3.8) is 0 Å². The van der Waals surface area contributed by atoms with Gasteiger partial charge >= 0.3 is 6.03 Å². The fourth-order valence-corrected chi connectivity index (χ4v) is 4.82. The van der Waals surface area contributed by atoms with Crippen LogP contribution >= 0.6 is 11.6 Å². The lowest BCUT2D eigenvalue weighted by Gasteiger charge is -2.35. The van der Waals surface area contributed by atoms with Gasteiger partial charge in [-0.3, -0.25) is 19.4 Å². The molecule has 0 unspecified atom stereocenters. The number of nitrogens with zero attached hydrogens (tertiary/aromatic N) is 3. The molecule has 1 aromatic carbocycles. The average molecular weight is 437 g/mol.